The van der Waals surface area contributed by atoms with E-state index in [-0.39, 0.29) is 0 Å². The van der Waals surface area contributed by atoms with Crippen molar-refractivity contribution in [2.45, 2.75) is 116 Å². The van der Waals surface area contributed by atoms with Gasteiger partial charge in [-0.15, -0.1) is 0 Å². The lowest BCUT2D eigenvalue weighted by Gasteiger charge is -2.19. The Morgan fingerprint density at radius 2 is 0.685 bits per heavy atom. The summed E-state index contributed by atoms with van der Waals surface area (Å²) in [5.74, 6) is -1.48. The number of hydrogen-bond donors (Lipinski definition) is 0. The molecule has 0 amide bonds. The molecule has 0 bridgehead atoms. The molecule has 0 spiro atoms. The molecule has 3 aromatic carbocycles. The Morgan fingerprint density at radius 1 is 0.426 bits per heavy atom. The Morgan fingerprint density at radius 3 is 0.944 bits per heavy atom. The average molecular weight is 739 g/mol. The Labute approximate surface area is 319 Å². The quantitative estimate of drug-likeness (QED) is 0.158. The van der Waals surface area contributed by atoms with Crippen molar-refractivity contribution in [3.05, 3.63) is 144 Å². The van der Waals surface area contributed by atoms with E-state index in [2.05, 4.69) is 0 Å². The monoisotopic (exact) mass is 738 g/mol. The van der Waals surface area contributed by atoms with Gasteiger partial charge in [-0.2, -0.15) is 0 Å². The largest absolute Gasteiger partial charge is 0.460 e. The molecule has 0 unspecified atom stereocenters. The maximum atomic E-state index is 12.9. The van der Waals surface area contributed by atoms with Gasteiger partial charge >= 0.3 is 17.9 Å². The molecule has 1 heterocycles. The number of esters is 3. The van der Waals surface area contributed by atoms with Gasteiger partial charge in [-0.1, -0.05) is 91.0 Å². The zero-order chi connectivity index (χ0) is 38.4. The minimum absolute atomic E-state index is 0.354. The molecule has 0 saturated carbocycles. The summed E-state index contributed by atoms with van der Waals surface area (Å²) in [5.41, 5.74) is 3.00. The van der Waals surface area contributed by atoms with Crippen LogP contribution in [-0.2, 0) is 62.6 Å². The second kappa shape index (κ2) is 23.8. The first kappa shape index (κ1) is 41.9. The standard InChI is InChI=1S/C45H54O9/c1-34-19-22-40(49-31-37-13-7-4-8-14-37)26-29-44(47)53-36(3)21-24-42(51-33-39-17-11-6-12-18-39)27-30-45(48)54-35(2)20-23-41(25-28-43(46)52-34)50-32-38-15-9-5-10-16-38/h4-18,25-30,34-36,40-42H,19-24,31-33H2,1-3H3/b28-25+,29-26+,30-27+/t34-,35-,36-,40+,41+,42+/m1/s1. The van der Waals surface area contributed by atoms with Gasteiger partial charge in [0.25, 0.3) is 0 Å². The van der Waals surface area contributed by atoms with Gasteiger partial charge in [-0.05, 0) is 94.2 Å². The van der Waals surface area contributed by atoms with Gasteiger partial charge < -0.3 is 28.4 Å². The van der Waals surface area contributed by atoms with Crippen molar-refractivity contribution in [2.24, 2.45) is 0 Å². The summed E-state index contributed by atoms with van der Waals surface area (Å²) in [6.45, 7) is 6.54. The molecule has 0 aliphatic carbocycles. The summed E-state index contributed by atoms with van der Waals surface area (Å²) in [6.07, 6.45) is 9.79. The number of cyclic esters (lactones) is 3. The van der Waals surface area contributed by atoms with Crippen LogP contribution < -0.4 is 0 Å². The Kier molecular flexibility index (Phi) is 18.4. The summed E-state index contributed by atoms with van der Waals surface area (Å²) >= 11 is 0. The van der Waals surface area contributed by atoms with Crippen LogP contribution in [0.15, 0.2) is 127 Å². The number of carbonyl (C=O) groups is 3. The van der Waals surface area contributed by atoms with Crippen molar-refractivity contribution in [3.8, 4) is 0 Å². The van der Waals surface area contributed by atoms with Crippen LogP contribution in [0.3, 0.4) is 0 Å². The smallest absolute Gasteiger partial charge is 0.330 e. The maximum absolute atomic E-state index is 12.9. The van der Waals surface area contributed by atoms with Gasteiger partial charge in [-0.3, -0.25) is 0 Å². The second-order valence-corrected chi connectivity index (χ2v) is 13.6. The van der Waals surface area contributed by atoms with Crippen LogP contribution >= 0.6 is 0 Å². The third-order valence-corrected chi connectivity index (χ3v) is 8.79. The van der Waals surface area contributed by atoms with Crippen molar-refractivity contribution in [2.75, 3.05) is 0 Å². The van der Waals surface area contributed by atoms with E-state index in [0.29, 0.717) is 58.3 Å². The molecule has 0 fully saturated rings. The molecule has 6 atom stereocenters. The number of carbonyl (C=O) groups excluding carboxylic acids is 3. The van der Waals surface area contributed by atoms with Crippen LogP contribution in [0.2, 0.25) is 0 Å². The van der Waals surface area contributed by atoms with E-state index in [0.717, 1.165) is 16.7 Å². The molecular weight excluding hydrogens is 684 g/mol. The number of ether oxygens (including phenoxy) is 6. The third kappa shape index (κ3) is 17.3. The Hall–Kier alpha value is -4.83. The van der Waals surface area contributed by atoms with Crippen LogP contribution in [-0.4, -0.2) is 54.5 Å². The summed E-state index contributed by atoms with van der Waals surface area (Å²) in [4.78, 5) is 38.7. The number of benzene rings is 3. The highest BCUT2D eigenvalue weighted by Crippen LogP contribution is 2.17. The zero-order valence-electron chi connectivity index (χ0n) is 31.6. The van der Waals surface area contributed by atoms with Crippen LogP contribution in [0.1, 0.15) is 76.0 Å². The number of rotatable bonds is 9. The molecule has 1 aliphatic rings. The van der Waals surface area contributed by atoms with Gasteiger partial charge in [0.15, 0.2) is 0 Å². The van der Waals surface area contributed by atoms with Crippen molar-refractivity contribution in [1.29, 1.82) is 0 Å². The van der Waals surface area contributed by atoms with Crippen molar-refractivity contribution in [1.82, 2.24) is 0 Å². The van der Waals surface area contributed by atoms with E-state index in [1.807, 2.05) is 112 Å². The lowest BCUT2D eigenvalue weighted by molar-refractivity contribution is -0.143. The molecule has 54 heavy (non-hydrogen) atoms. The van der Waals surface area contributed by atoms with Crippen molar-refractivity contribution >= 4 is 17.9 Å². The first-order chi connectivity index (χ1) is 26.2. The zero-order valence-corrected chi connectivity index (χ0v) is 31.6. The van der Waals surface area contributed by atoms with Gasteiger partial charge in [0, 0.05) is 18.2 Å². The Bertz CT molecular complexity index is 1430. The lowest BCUT2D eigenvalue weighted by Crippen LogP contribution is -2.20. The van der Waals surface area contributed by atoms with E-state index in [1.54, 1.807) is 18.2 Å². The van der Waals surface area contributed by atoms with Crippen molar-refractivity contribution in [3.63, 3.8) is 0 Å². The van der Waals surface area contributed by atoms with Crippen LogP contribution in [0.25, 0.3) is 0 Å². The molecule has 0 N–H and O–H groups in total. The molecule has 288 valence electrons. The molecule has 9 heteroatoms. The minimum Gasteiger partial charge on any atom is -0.460 e. The second-order valence-electron chi connectivity index (χ2n) is 13.6. The van der Waals surface area contributed by atoms with E-state index in [4.69, 9.17) is 28.4 Å². The Balaban J connectivity index is 1.49. The molecule has 3 aromatic rings. The normalized spacial score (nSPS) is 25.9. The third-order valence-electron chi connectivity index (χ3n) is 8.79. The van der Waals surface area contributed by atoms with Crippen LogP contribution in [0, 0.1) is 0 Å². The molecule has 0 radical (unpaired) electrons. The minimum atomic E-state index is -0.492. The van der Waals surface area contributed by atoms with Gasteiger partial charge in [0.2, 0.25) is 0 Å². The summed E-state index contributed by atoms with van der Waals surface area (Å²) in [6, 6.07) is 29.3. The predicted molar refractivity (Wildman–Crippen MR) is 207 cm³/mol. The highest BCUT2D eigenvalue weighted by atomic mass is 16.6. The fourth-order valence-electron chi connectivity index (χ4n) is 5.68. The predicted octanol–water partition coefficient (Wildman–Crippen LogP) is 8.56. The van der Waals surface area contributed by atoms with Crippen molar-refractivity contribution < 1.29 is 42.8 Å². The summed E-state index contributed by atoms with van der Waals surface area (Å²) < 4.78 is 35.6. The number of hydrogen-bond acceptors (Lipinski definition) is 9. The van der Waals surface area contributed by atoms with Crippen LogP contribution in [0.5, 0.6) is 0 Å². The van der Waals surface area contributed by atoms with E-state index in [9.17, 15) is 14.4 Å². The van der Waals surface area contributed by atoms with Gasteiger partial charge in [-0.25, -0.2) is 14.4 Å². The average Bonchev–Trinajstić information content (AvgIpc) is 3.17. The molecule has 1 aliphatic heterocycles. The molecule has 9 nitrogen and oxygen atoms in total. The molecular formula is C45H54O9. The molecule has 4 rings (SSSR count). The molecule has 0 saturated heterocycles. The lowest BCUT2D eigenvalue weighted by atomic mass is 10.1. The maximum Gasteiger partial charge on any atom is 0.330 e. The first-order valence-electron chi connectivity index (χ1n) is 18.8. The van der Waals surface area contributed by atoms with Gasteiger partial charge in [0.1, 0.15) is 0 Å². The van der Waals surface area contributed by atoms with E-state index < -0.39 is 54.5 Å². The highest BCUT2D eigenvalue weighted by Gasteiger charge is 2.18. The van der Waals surface area contributed by atoms with E-state index >= 15 is 0 Å². The fraction of sp³-hybridized carbons (Fsp3) is 0.400. The summed E-state index contributed by atoms with van der Waals surface area (Å²) in [7, 11) is 0. The van der Waals surface area contributed by atoms with Crippen LogP contribution in [0.4, 0.5) is 0 Å². The summed E-state index contributed by atoms with van der Waals surface area (Å²) in [5, 5.41) is 0. The fourth-order valence-corrected chi connectivity index (χ4v) is 5.68. The highest BCUT2D eigenvalue weighted by molar-refractivity contribution is 5.83. The van der Waals surface area contributed by atoms with Gasteiger partial charge in [0.05, 0.1) is 56.4 Å². The molecule has 0 aromatic heterocycles. The topological polar surface area (TPSA) is 107 Å². The first-order valence-corrected chi connectivity index (χ1v) is 18.8. The van der Waals surface area contributed by atoms with E-state index in [1.165, 1.54) is 18.2 Å². The SMILES string of the molecule is C[C@@H]1CC[C@H](OCc2ccccc2)/C=C/C(=O)O[C@H](C)CC[C@H](OCc2ccccc2)/C=C/C(=O)O[C@H](C)CC[C@H](OCc2ccccc2)/C=C/C(=O)O1.